The van der Waals surface area contributed by atoms with Crippen molar-refractivity contribution in [3.63, 3.8) is 0 Å². The lowest BCUT2D eigenvalue weighted by atomic mass is 9.93. The summed E-state index contributed by atoms with van der Waals surface area (Å²) in [6.45, 7) is 11.3. The van der Waals surface area contributed by atoms with E-state index in [0.29, 0.717) is 12.3 Å². The Hall–Kier alpha value is 0.0569. The van der Waals surface area contributed by atoms with Crippen molar-refractivity contribution in [2.24, 2.45) is 5.92 Å². The lowest BCUT2D eigenvalue weighted by Crippen LogP contribution is -2.51. The normalized spacial score (nSPS) is 47.2. The van der Waals surface area contributed by atoms with E-state index in [9.17, 15) is 5.11 Å². The predicted molar refractivity (Wildman–Crippen MR) is 79.0 cm³/mol. The lowest BCUT2D eigenvalue weighted by molar-refractivity contribution is -0.151. The fourth-order valence-electron chi connectivity index (χ4n) is 3.75. The van der Waals surface area contributed by atoms with Gasteiger partial charge in [-0.05, 0) is 36.9 Å². The highest BCUT2D eigenvalue weighted by molar-refractivity contribution is 6.74. The molecule has 0 spiro atoms. The number of hydrogen-bond acceptors (Lipinski definition) is 4. The van der Waals surface area contributed by atoms with Gasteiger partial charge in [-0.1, -0.05) is 20.8 Å². The first kappa shape index (κ1) is 15.0. The molecule has 1 heterocycles. The minimum absolute atomic E-state index is 0.175. The summed E-state index contributed by atoms with van der Waals surface area (Å²) in [5.74, 6) is 0.462. The SMILES string of the molecule is CO[C@H]1C[C@@]2(O)CC3CC3(O[Si](C)(C)C(C)(C)C)[C@H]2O1. The molecule has 0 amide bonds. The van der Waals surface area contributed by atoms with E-state index in [2.05, 4.69) is 33.9 Å². The minimum Gasteiger partial charge on any atom is -0.408 e. The maximum Gasteiger partial charge on any atom is 0.192 e. The van der Waals surface area contributed by atoms with Gasteiger partial charge in [-0.3, -0.25) is 0 Å². The average Bonchev–Trinajstić information content (AvgIpc) is 2.73. The van der Waals surface area contributed by atoms with Crippen LogP contribution in [-0.2, 0) is 13.9 Å². The maximum absolute atomic E-state index is 10.8. The van der Waals surface area contributed by atoms with Crippen molar-refractivity contribution in [2.45, 2.75) is 81.8 Å². The molecule has 4 nitrogen and oxygen atoms in total. The Morgan fingerprint density at radius 1 is 1.20 bits per heavy atom. The summed E-state index contributed by atoms with van der Waals surface area (Å²) in [7, 11) is -0.218. The third-order valence-corrected chi connectivity index (χ3v) is 10.5. The Bertz CT molecular complexity index is 419. The first-order chi connectivity index (χ1) is 9.04. The standard InChI is InChI=1S/C15H28O4Si/c1-13(2,3)20(5,6)19-15-8-10(15)7-14(16)9-11(17-4)18-12(14)15/h10-12,16H,7-9H2,1-6H3/t10?,11-,12+,14+,15?/m1/s1. The van der Waals surface area contributed by atoms with E-state index in [1.165, 1.54) is 0 Å². The summed E-state index contributed by atoms with van der Waals surface area (Å²) in [5.41, 5.74) is -0.989. The van der Waals surface area contributed by atoms with Crippen LogP contribution in [0.4, 0.5) is 0 Å². The Balaban J connectivity index is 1.82. The molecule has 5 heteroatoms. The molecule has 3 fully saturated rings. The van der Waals surface area contributed by atoms with Gasteiger partial charge in [0.25, 0.3) is 0 Å². The predicted octanol–water partition coefficient (Wildman–Crippen LogP) is 2.66. The zero-order chi connectivity index (χ0) is 15.0. The second-order valence-electron chi connectivity index (χ2n) is 8.41. The Morgan fingerprint density at radius 2 is 1.85 bits per heavy atom. The van der Waals surface area contributed by atoms with Gasteiger partial charge in [0.15, 0.2) is 14.6 Å². The van der Waals surface area contributed by atoms with Gasteiger partial charge in [-0.25, -0.2) is 0 Å². The van der Waals surface area contributed by atoms with Crippen molar-refractivity contribution in [2.75, 3.05) is 7.11 Å². The quantitative estimate of drug-likeness (QED) is 0.814. The highest BCUT2D eigenvalue weighted by Crippen LogP contribution is 2.67. The monoisotopic (exact) mass is 300 g/mol. The number of aliphatic hydroxyl groups is 1. The van der Waals surface area contributed by atoms with Crippen LogP contribution in [0, 0.1) is 5.92 Å². The van der Waals surface area contributed by atoms with Gasteiger partial charge in [-0.2, -0.15) is 0 Å². The zero-order valence-corrected chi connectivity index (χ0v) is 14.5. The second kappa shape index (κ2) is 4.07. The largest absolute Gasteiger partial charge is 0.408 e. The van der Waals surface area contributed by atoms with Gasteiger partial charge in [0.1, 0.15) is 6.10 Å². The van der Waals surface area contributed by atoms with Crippen LogP contribution >= 0.6 is 0 Å². The molecule has 20 heavy (non-hydrogen) atoms. The van der Waals surface area contributed by atoms with Gasteiger partial charge < -0.3 is 19.0 Å². The highest BCUT2D eigenvalue weighted by atomic mass is 28.4. The van der Waals surface area contributed by atoms with E-state index in [0.717, 1.165) is 12.8 Å². The number of rotatable bonds is 3. The van der Waals surface area contributed by atoms with E-state index in [-0.39, 0.29) is 23.0 Å². The third kappa shape index (κ3) is 1.94. The zero-order valence-electron chi connectivity index (χ0n) is 13.5. The Morgan fingerprint density at radius 3 is 2.40 bits per heavy atom. The molecular weight excluding hydrogens is 272 g/mol. The molecule has 1 aliphatic heterocycles. The summed E-state index contributed by atoms with van der Waals surface area (Å²) in [6.07, 6.45) is 1.91. The van der Waals surface area contributed by atoms with Crippen molar-refractivity contribution in [1.82, 2.24) is 0 Å². The summed E-state index contributed by atoms with van der Waals surface area (Å²) >= 11 is 0. The fourth-order valence-corrected chi connectivity index (χ4v) is 5.36. The van der Waals surface area contributed by atoms with Gasteiger partial charge in [0, 0.05) is 13.5 Å². The molecule has 5 atom stereocenters. The molecule has 3 rings (SSSR count). The molecule has 0 aromatic carbocycles. The summed E-state index contributed by atoms with van der Waals surface area (Å²) < 4.78 is 18.0. The van der Waals surface area contributed by atoms with E-state index < -0.39 is 13.9 Å². The van der Waals surface area contributed by atoms with Crippen molar-refractivity contribution in [3.8, 4) is 0 Å². The van der Waals surface area contributed by atoms with Crippen LogP contribution in [0.25, 0.3) is 0 Å². The van der Waals surface area contributed by atoms with Crippen LogP contribution in [0.2, 0.25) is 18.1 Å². The maximum atomic E-state index is 10.8. The van der Waals surface area contributed by atoms with Crippen LogP contribution in [0.3, 0.4) is 0 Å². The second-order valence-corrected chi connectivity index (χ2v) is 13.1. The molecular formula is C15H28O4Si. The van der Waals surface area contributed by atoms with E-state index >= 15 is 0 Å². The Labute approximate surface area is 122 Å². The van der Waals surface area contributed by atoms with Gasteiger partial charge in [0.05, 0.1) is 11.2 Å². The van der Waals surface area contributed by atoms with Crippen LogP contribution in [0.1, 0.15) is 40.0 Å². The van der Waals surface area contributed by atoms with Gasteiger partial charge in [-0.15, -0.1) is 0 Å². The van der Waals surface area contributed by atoms with Gasteiger partial charge in [0.2, 0.25) is 0 Å². The molecule has 2 saturated carbocycles. The molecule has 2 unspecified atom stereocenters. The first-order valence-corrected chi connectivity index (χ1v) is 10.6. The topological polar surface area (TPSA) is 47.9 Å². The number of ether oxygens (including phenoxy) is 2. The molecule has 0 aromatic heterocycles. The minimum atomic E-state index is -1.86. The van der Waals surface area contributed by atoms with Gasteiger partial charge >= 0.3 is 0 Å². The lowest BCUT2D eigenvalue weighted by Gasteiger charge is -2.41. The summed E-state index contributed by atoms with van der Waals surface area (Å²) in [5, 5.41) is 11.0. The molecule has 0 aromatic rings. The van der Waals surface area contributed by atoms with Crippen molar-refractivity contribution < 1.29 is 19.0 Å². The van der Waals surface area contributed by atoms with Crippen LogP contribution in [-0.4, -0.2) is 44.1 Å². The summed E-state index contributed by atoms with van der Waals surface area (Å²) in [4.78, 5) is 0. The molecule has 0 bridgehead atoms. The van der Waals surface area contributed by atoms with Crippen LogP contribution in [0.5, 0.6) is 0 Å². The molecule has 0 radical (unpaired) electrons. The fraction of sp³-hybridized carbons (Fsp3) is 1.00. The van der Waals surface area contributed by atoms with Crippen LogP contribution < -0.4 is 0 Å². The third-order valence-electron chi connectivity index (χ3n) is 5.95. The number of hydrogen-bond donors (Lipinski definition) is 1. The van der Waals surface area contributed by atoms with E-state index in [4.69, 9.17) is 13.9 Å². The van der Waals surface area contributed by atoms with E-state index in [1.807, 2.05) is 0 Å². The van der Waals surface area contributed by atoms with Crippen molar-refractivity contribution >= 4 is 8.32 Å². The molecule has 1 N–H and O–H groups in total. The molecule has 1 saturated heterocycles. The molecule has 116 valence electrons. The smallest absolute Gasteiger partial charge is 0.192 e. The molecule has 2 aliphatic carbocycles. The Kier molecular flexibility index (Phi) is 3.05. The van der Waals surface area contributed by atoms with Crippen LogP contribution in [0.15, 0.2) is 0 Å². The number of fused-ring (bicyclic) bond motifs is 3. The number of methoxy groups -OCH3 is 1. The van der Waals surface area contributed by atoms with Crippen molar-refractivity contribution in [1.29, 1.82) is 0 Å². The average molecular weight is 300 g/mol. The highest BCUT2D eigenvalue weighted by Gasteiger charge is 2.77. The first-order valence-electron chi connectivity index (χ1n) is 7.65. The van der Waals surface area contributed by atoms with Crippen molar-refractivity contribution in [3.05, 3.63) is 0 Å². The summed E-state index contributed by atoms with van der Waals surface area (Å²) in [6, 6.07) is 0. The van der Waals surface area contributed by atoms with E-state index in [1.54, 1.807) is 7.11 Å². The molecule has 3 aliphatic rings.